The first-order chi connectivity index (χ1) is 10.1. The molecule has 0 aromatic carbocycles. The van der Waals surface area contributed by atoms with Crippen LogP contribution in [0.25, 0.3) is 0 Å². The van der Waals surface area contributed by atoms with E-state index in [4.69, 9.17) is 4.74 Å². The van der Waals surface area contributed by atoms with E-state index in [-0.39, 0.29) is 18.2 Å². The largest absolute Gasteiger partial charge is 0.375 e. The number of amides is 2. The Labute approximate surface area is 130 Å². The van der Waals surface area contributed by atoms with E-state index in [0.717, 1.165) is 6.42 Å². The summed E-state index contributed by atoms with van der Waals surface area (Å²) in [6.45, 7) is 4.70. The average molecular weight is 311 g/mol. The van der Waals surface area contributed by atoms with Gasteiger partial charge in [0.1, 0.15) is 0 Å². The van der Waals surface area contributed by atoms with Crippen molar-refractivity contribution in [1.82, 2.24) is 15.1 Å². The zero-order valence-corrected chi connectivity index (χ0v) is 13.9. The Kier molecular flexibility index (Phi) is 6.02. The molecule has 1 N–H and O–H groups in total. The first-order valence-electron chi connectivity index (χ1n) is 7.44. The molecule has 1 aliphatic rings. The van der Waals surface area contributed by atoms with Crippen molar-refractivity contribution in [2.24, 2.45) is 0 Å². The lowest BCUT2D eigenvalue weighted by Crippen LogP contribution is -2.50. The normalized spacial score (nSPS) is 20.6. The molecular formula is C15H25N3O2S. The molecule has 1 aromatic rings. The molecular weight excluding hydrogens is 286 g/mol. The topological polar surface area (TPSA) is 44.8 Å². The van der Waals surface area contributed by atoms with E-state index in [2.05, 4.69) is 34.0 Å². The van der Waals surface area contributed by atoms with Crippen LogP contribution in [0.1, 0.15) is 24.9 Å². The Morgan fingerprint density at radius 3 is 3.05 bits per heavy atom. The van der Waals surface area contributed by atoms with Gasteiger partial charge in [0.2, 0.25) is 0 Å². The van der Waals surface area contributed by atoms with Gasteiger partial charge in [-0.05, 0) is 42.9 Å². The number of carbonyl (C=O) groups is 1. The van der Waals surface area contributed by atoms with Gasteiger partial charge in [0.25, 0.3) is 0 Å². The third kappa shape index (κ3) is 4.43. The molecule has 0 aliphatic carbocycles. The molecule has 2 amide bonds. The van der Waals surface area contributed by atoms with E-state index in [9.17, 15) is 4.79 Å². The van der Waals surface area contributed by atoms with Crippen molar-refractivity contribution in [2.75, 3.05) is 40.3 Å². The quantitative estimate of drug-likeness (QED) is 0.906. The Balaban J connectivity index is 1.87. The maximum Gasteiger partial charge on any atom is 0.317 e. The summed E-state index contributed by atoms with van der Waals surface area (Å²) in [5, 5.41) is 7.27. The van der Waals surface area contributed by atoms with Crippen molar-refractivity contribution in [1.29, 1.82) is 0 Å². The molecule has 1 saturated heterocycles. The first kappa shape index (κ1) is 16.3. The maximum absolute atomic E-state index is 12.3. The van der Waals surface area contributed by atoms with Crippen molar-refractivity contribution < 1.29 is 9.53 Å². The van der Waals surface area contributed by atoms with Crippen LogP contribution in [0.5, 0.6) is 0 Å². The second kappa shape index (κ2) is 7.77. The summed E-state index contributed by atoms with van der Waals surface area (Å²) in [7, 11) is 4.08. The van der Waals surface area contributed by atoms with Gasteiger partial charge < -0.3 is 19.9 Å². The predicted octanol–water partition coefficient (Wildman–Crippen LogP) is 2.17. The van der Waals surface area contributed by atoms with Crippen molar-refractivity contribution in [3.05, 3.63) is 22.4 Å². The molecule has 0 saturated carbocycles. The van der Waals surface area contributed by atoms with Crippen LogP contribution in [0.3, 0.4) is 0 Å². The number of carbonyl (C=O) groups excluding carboxylic acids is 1. The number of rotatable bonds is 5. The molecule has 0 unspecified atom stereocenters. The monoisotopic (exact) mass is 311 g/mol. The molecule has 1 aromatic heterocycles. The summed E-state index contributed by atoms with van der Waals surface area (Å²) >= 11 is 1.68. The Morgan fingerprint density at radius 2 is 2.43 bits per heavy atom. The fourth-order valence-electron chi connectivity index (χ4n) is 2.51. The minimum absolute atomic E-state index is 0.0128. The Hall–Kier alpha value is -1.11. The molecule has 1 aliphatic heterocycles. The van der Waals surface area contributed by atoms with Gasteiger partial charge in [-0.15, -0.1) is 0 Å². The van der Waals surface area contributed by atoms with E-state index in [1.807, 2.05) is 19.0 Å². The van der Waals surface area contributed by atoms with Gasteiger partial charge in [-0.25, -0.2) is 4.79 Å². The van der Waals surface area contributed by atoms with E-state index in [1.54, 1.807) is 11.3 Å². The number of nitrogens with one attached hydrogen (secondary N) is 1. The third-order valence-corrected chi connectivity index (χ3v) is 4.58. The first-order valence-corrected chi connectivity index (χ1v) is 8.39. The van der Waals surface area contributed by atoms with Crippen LogP contribution >= 0.6 is 11.3 Å². The number of hydrogen-bond acceptors (Lipinski definition) is 4. The van der Waals surface area contributed by atoms with Gasteiger partial charge in [0.15, 0.2) is 0 Å². The summed E-state index contributed by atoms with van der Waals surface area (Å²) in [5.74, 6) is 0. The van der Waals surface area contributed by atoms with Crippen molar-refractivity contribution in [3.63, 3.8) is 0 Å². The highest BCUT2D eigenvalue weighted by Crippen LogP contribution is 2.20. The van der Waals surface area contributed by atoms with E-state index < -0.39 is 0 Å². The number of morpholine rings is 1. The SMILES string of the molecule is CC[C@@H]1CN(C(=O)NC[C@H](c2ccsc2)N(C)C)CCO1. The smallest absolute Gasteiger partial charge is 0.317 e. The molecule has 6 heteroatoms. The van der Waals surface area contributed by atoms with Gasteiger partial charge >= 0.3 is 6.03 Å². The third-order valence-electron chi connectivity index (χ3n) is 3.88. The van der Waals surface area contributed by atoms with E-state index >= 15 is 0 Å². The fraction of sp³-hybridized carbons (Fsp3) is 0.667. The van der Waals surface area contributed by atoms with E-state index in [0.29, 0.717) is 26.2 Å². The Bertz CT molecular complexity index is 436. The lowest BCUT2D eigenvalue weighted by atomic mass is 10.1. The summed E-state index contributed by atoms with van der Waals surface area (Å²) < 4.78 is 5.60. The number of thiophene rings is 1. The van der Waals surface area contributed by atoms with Gasteiger partial charge in [-0.1, -0.05) is 6.92 Å². The Morgan fingerprint density at radius 1 is 1.62 bits per heavy atom. The molecule has 2 atom stereocenters. The fourth-order valence-corrected chi connectivity index (χ4v) is 3.22. The van der Waals surface area contributed by atoms with Gasteiger partial charge in [-0.3, -0.25) is 0 Å². The standard InChI is InChI=1S/C15H25N3O2S/c1-4-13-10-18(6-7-20-13)15(19)16-9-14(17(2)3)12-5-8-21-11-12/h5,8,11,13-14H,4,6-7,9-10H2,1-3H3,(H,16,19)/t13-,14-/m1/s1. The summed E-state index contributed by atoms with van der Waals surface area (Å²) in [6.07, 6.45) is 1.12. The lowest BCUT2D eigenvalue weighted by molar-refractivity contribution is -0.0155. The zero-order valence-electron chi connectivity index (χ0n) is 13.0. The number of ether oxygens (including phenoxy) is 1. The van der Waals surface area contributed by atoms with Crippen LogP contribution in [0, 0.1) is 0 Å². The van der Waals surface area contributed by atoms with Gasteiger partial charge in [0, 0.05) is 19.6 Å². The number of likely N-dealkylation sites (N-methyl/N-ethyl adjacent to an activating group) is 1. The van der Waals surface area contributed by atoms with Crippen molar-refractivity contribution >= 4 is 17.4 Å². The van der Waals surface area contributed by atoms with Crippen molar-refractivity contribution in [3.8, 4) is 0 Å². The maximum atomic E-state index is 12.3. The highest BCUT2D eigenvalue weighted by molar-refractivity contribution is 7.07. The zero-order chi connectivity index (χ0) is 15.2. The minimum Gasteiger partial charge on any atom is -0.375 e. The van der Waals surface area contributed by atoms with Crippen LogP contribution in [-0.4, -0.2) is 62.3 Å². The molecule has 2 rings (SSSR count). The van der Waals surface area contributed by atoms with Crippen LogP contribution in [-0.2, 0) is 4.74 Å². The van der Waals surface area contributed by atoms with Crippen LogP contribution < -0.4 is 5.32 Å². The summed E-state index contributed by atoms with van der Waals surface area (Å²) in [5.41, 5.74) is 1.25. The highest BCUT2D eigenvalue weighted by Gasteiger charge is 2.24. The number of hydrogen-bond donors (Lipinski definition) is 1. The molecule has 5 nitrogen and oxygen atoms in total. The average Bonchev–Trinajstić information content (AvgIpc) is 3.01. The summed E-state index contributed by atoms with van der Waals surface area (Å²) in [6, 6.07) is 2.34. The molecule has 118 valence electrons. The summed E-state index contributed by atoms with van der Waals surface area (Å²) in [4.78, 5) is 16.3. The van der Waals surface area contributed by atoms with Crippen LogP contribution in [0.4, 0.5) is 4.79 Å². The molecule has 21 heavy (non-hydrogen) atoms. The molecule has 1 fully saturated rings. The predicted molar refractivity (Wildman–Crippen MR) is 85.7 cm³/mol. The molecule has 0 radical (unpaired) electrons. The minimum atomic E-state index is 0.0128. The number of urea groups is 1. The van der Waals surface area contributed by atoms with Gasteiger partial charge in [-0.2, -0.15) is 11.3 Å². The second-order valence-electron chi connectivity index (χ2n) is 5.57. The number of nitrogens with zero attached hydrogens (tertiary/aromatic N) is 2. The molecule has 2 heterocycles. The van der Waals surface area contributed by atoms with Gasteiger partial charge in [0.05, 0.1) is 18.8 Å². The lowest BCUT2D eigenvalue weighted by Gasteiger charge is -2.33. The second-order valence-corrected chi connectivity index (χ2v) is 6.35. The molecule has 0 spiro atoms. The molecule has 0 bridgehead atoms. The van der Waals surface area contributed by atoms with Crippen LogP contribution in [0.2, 0.25) is 0 Å². The van der Waals surface area contributed by atoms with E-state index in [1.165, 1.54) is 5.56 Å². The van der Waals surface area contributed by atoms with Crippen LogP contribution in [0.15, 0.2) is 16.8 Å². The van der Waals surface area contributed by atoms with Crippen molar-refractivity contribution in [2.45, 2.75) is 25.5 Å². The highest BCUT2D eigenvalue weighted by atomic mass is 32.1.